The Labute approximate surface area is 124 Å². The molecule has 1 N–H and O–H groups in total. The lowest BCUT2D eigenvalue weighted by molar-refractivity contribution is -0.129. The van der Waals surface area contributed by atoms with Crippen LogP contribution in [0.1, 0.15) is 37.0 Å². The number of hydrogen-bond acceptors (Lipinski definition) is 2. The second-order valence-corrected chi connectivity index (χ2v) is 5.77. The van der Waals surface area contributed by atoms with Crippen LogP contribution in [-0.4, -0.2) is 36.3 Å². The minimum atomic E-state index is -0.587. The molecule has 1 heterocycles. The molecule has 5 heteroatoms. The maximum atomic E-state index is 13.7. The molecule has 4 nitrogen and oxygen atoms in total. The van der Waals surface area contributed by atoms with E-state index in [1.54, 1.807) is 17.0 Å². The molecule has 2 amide bonds. The third-order valence-electron chi connectivity index (χ3n) is 3.95. The van der Waals surface area contributed by atoms with E-state index in [2.05, 4.69) is 5.32 Å². The first-order valence-corrected chi connectivity index (χ1v) is 7.30. The van der Waals surface area contributed by atoms with E-state index < -0.39 is 11.2 Å². The highest BCUT2D eigenvalue weighted by atomic mass is 19.1. The van der Waals surface area contributed by atoms with Gasteiger partial charge >= 0.3 is 0 Å². The Balaban J connectivity index is 2.07. The van der Waals surface area contributed by atoms with Crippen molar-refractivity contribution in [2.45, 2.75) is 26.7 Å². The Morgan fingerprint density at radius 2 is 2.10 bits per heavy atom. The van der Waals surface area contributed by atoms with Gasteiger partial charge in [0.15, 0.2) is 0 Å². The molecular weight excluding hydrogens is 271 g/mol. The first kappa shape index (κ1) is 15.5. The maximum Gasteiger partial charge on any atom is 0.256 e. The van der Waals surface area contributed by atoms with Crippen molar-refractivity contribution in [3.63, 3.8) is 0 Å². The Morgan fingerprint density at radius 3 is 2.76 bits per heavy atom. The predicted molar refractivity (Wildman–Crippen MR) is 78.3 cm³/mol. The Hall–Kier alpha value is -1.91. The van der Waals surface area contributed by atoms with Gasteiger partial charge in [-0.1, -0.05) is 19.1 Å². The fraction of sp³-hybridized carbons (Fsp3) is 0.500. The average Bonchev–Trinajstić information content (AvgIpc) is 2.88. The number of amides is 2. The van der Waals surface area contributed by atoms with Crippen molar-refractivity contribution in [1.29, 1.82) is 0 Å². The second-order valence-electron chi connectivity index (χ2n) is 5.77. The topological polar surface area (TPSA) is 49.4 Å². The molecule has 0 radical (unpaired) electrons. The zero-order chi connectivity index (χ0) is 15.5. The predicted octanol–water partition coefficient (Wildman–Crippen LogP) is 2.20. The van der Waals surface area contributed by atoms with Crippen molar-refractivity contribution in [3.8, 4) is 0 Å². The number of halogens is 1. The molecule has 1 atom stereocenters. The van der Waals surface area contributed by atoms with Gasteiger partial charge in [0.25, 0.3) is 5.91 Å². The number of hydrogen-bond donors (Lipinski definition) is 1. The van der Waals surface area contributed by atoms with Crippen LogP contribution in [-0.2, 0) is 4.79 Å². The summed E-state index contributed by atoms with van der Waals surface area (Å²) in [6.45, 7) is 5.28. The summed E-state index contributed by atoms with van der Waals surface area (Å²) in [5, 5.41) is 2.87. The first-order valence-electron chi connectivity index (χ1n) is 7.30. The number of carbonyl (C=O) groups excluding carboxylic acids is 2. The van der Waals surface area contributed by atoms with Crippen molar-refractivity contribution in [2.24, 2.45) is 5.41 Å². The molecule has 1 aliphatic rings. The van der Waals surface area contributed by atoms with Crippen LogP contribution in [0.25, 0.3) is 0 Å². The van der Waals surface area contributed by atoms with Crippen molar-refractivity contribution in [3.05, 3.63) is 35.6 Å². The third kappa shape index (κ3) is 3.23. The molecule has 2 rings (SSSR count). The van der Waals surface area contributed by atoms with E-state index in [1.165, 1.54) is 12.1 Å². The number of nitrogens with zero attached hydrogens (tertiary/aromatic N) is 1. The summed E-state index contributed by atoms with van der Waals surface area (Å²) in [6, 6.07) is 5.94. The Kier molecular flexibility index (Phi) is 4.60. The van der Waals surface area contributed by atoms with Crippen molar-refractivity contribution >= 4 is 11.8 Å². The van der Waals surface area contributed by atoms with E-state index in [1.807, 2.05) is 13.8 Å². The lowest BCUT2D eigenvalue weighted by atomic mass is 9.88. The molecule has 0 aliphatic carbocycles. The summed E-state index contributed by atoms with van der Waals surface area (Å²) in [5.74, 6) is -0.903. The fourth-order valence-electron chi connectivity index (χ4n) is 2.58. The summed E-state index contributed by atoms with van der Waals surface area (Å²) in [5.41, 5.74) is -0.522. The van der Waals surface area contributed by atoms with Crippen LogP contribution < -0.4 is 5.32 Å². The molecule has 0 saturated carbocycles. The minimum Gasteiger partial charge on any atom is -0.356 e. The molecule has 1 saturated heterocycles. The number of benzene rings is 1. The van der Waals surface area contributed by atoms with Crippen LogP contribution in [0.15, 0.2) is 24.3 Å². The van der Waals surface area contributed by atoms with E-state index in [0.29, 0.717) is 26.1 Å². The van der Waals surface area contributed by atoms with Gasteiger partial charge in [0.05, 0.1) is 11.0 Å². The molecule has 114 valence electrons. The summed E-state index contributed by atoms with van der Waals surface area (Å²) >= 11 is 0. The molecule has 21 heavy (non-hydrogen) atoms. The summed E-state index contributed by atoms with van der Waals surface area (Å²) in [7, 11) is 0. The monoisotopic (exact) mass is 292 g/mol. The van der Waals surface area contributed by atoms with Gasteiger partial charge in [-0.15, -0.1) is 0 Å². The highest BCUT2D eigenvalue weighted by molar-refractivity contribution is 5.95. The van der Waals surface area contributed by atoms with Crippen LogP contribution in [0.4, 0.5) is 4.39 Å². The van der Waals surface area contributed by atoms with Gasteiger partial charge in [0, 0.05) is 19.6 Å². The minimum absolute atomic E-state index is 0.0341. The summed E-state index contributed by atoms with van der Waals surface area (Å²) in [6.07, 6.45) is 1.47. The standard InChI is InChI=1S/C16H21FN2O2/c1-3-9-18-15(21)16(2)8-10-19(11-16)14(20)12-6-4-5-7-13(12)17/h4-7H,3,8-11H2,1-2H3,(H,18,21). The molecule has 1 fully saturated rings. The molecule has 1 aromatic carbocycles. The van der Waals surface area contributed by atoms with E-state index in [9.17, 15) is 14.0 Å². The van der Waals surface area contributed by atoms with E-state index in [4.69, 9.17) is 0 Å². The quantitative estimate of drug-likeness (QED) is 0.925. The van der Waals surface area contributed by atoms with Gasteiger partial charge in [-0.05, 0) is 31.9 Å². The fourth-order valence-corrected chi connectivity index (χ4v) is 2.58. The van der Waals surface area contributed by atoms with Crippen LogP contribution in [0.2, 0.25) is 0 Å². The number of nitrogens with one attached hydrogen (secondary N) is 1. The molecule has 0 aromatic heterocycles. The van der Waals surface area contributed by atoms with Crippen LogP contribution in [0.3, 0.4) is 0 Å². The van der Waals surface area contributed by atoms with Gasteiger partial charge < -0.3 is 10.2 Å². The second kappa shape index (κ2) is 6.24. The van der Waals surface area contributed by atoms with Gasteiger partial charge in [0.2, 0.25) is 5.91 Å². The molecular formula is C16H21FN2O2. The number of likely N-dealkylation sites (tertiary alicyclic amines) is 1. The average molecular weight is 292 g/mol. The Morgan fingerprint density at radius 1 is 1.38 bits per heavy atom. The van der Waals surface area contributed by atoms with Crippen LogP contribution >= 0.6 is 0 Å². The molecule has 1 unspecified atom stereocenters. The smallest absolute Gasteiger partial charge is 0.256 e. The van der Waals surface area contributed by atoms with E-state index in [0.717, 1.165) is 6.42 Å². The summed E-state index contributed by atoms with van der Waals surface area (Å²) < 4.78 is 13.7. The highest BCUT2D eigenvalue weighted by Gasteiger charge is 2.42. The van der Waals surface area contributed by atoms with E-state index >= 15 is 0 Å². The third-order valence-corrected chi connectivity index (χ3v) is 3.95. The molecule has 0 bridgehead atoms. The van der Waals surface area contributed by atoms with E-state index in [-0.39, 0.29) is 17.4 Å². The lowest BCUT2D eigenvalue weighted by Crippen LogP contribution is -2.42. The maximum absolute atomic E-state index is 13.7. The zero-order valence-corrected chi connectivity index (χ0v) is 12.5. The van der Waals surface area contributed by atoms with Gasteiger partial charge in [-0.3, -0.25) is 9.59 Å². The highest BCUT2D eigenvalue weighted by Crippen LogP contribution is 2.31. The zero-order valence-electron chi connectivity index (χ0n) is 12.5. The molecule has 1 aliphatic heterocycles. The normalized spacial score (nSPS) is 21.4. The van der Waals surface area contributed by atoms with Gasteiger partial charge in [-0.25, -0.2) is 4.39 Å². The van der Waals surface area contributed by atoms with Crippen molar-refractivity contribution in [1.82, 2.24) is 10.2 Å². The molecule has 1 aromatic rings. The summed E-state index contributed by atoms with van der Waals surface area (Å²) in [4.78, 5) is 26.1. The van der Waals surface area contributed by atoms with Crippen LogP contribution in [0, 0.1) is 11.2 Å². The van der Waals surface area contributed by atoms with Crippen LogP contribution in [0.5, 0.6) is 0 Å². The lowest BCUT2D eigenvalue weighted by Gasteiger charge is -2.23. The van der Waals surface area contributed by atoms with Gasteiger partial charge in [0.1, 0.15) is 5.82 Å². The van der Waals surface area contributed by atoms with Crippen molar-refractivity contribution < 1.29 is 14.0 Å². The Bertz CT molecular complexity index is 547. The molecule has 0 spiro atoms. The first-order chi connectivity index (χ1) is 9.98. The number of carbonyl (C=O) groups is 2. The SMILES string of the molecule is CCCNC(=O)C1(C)CCN(C(=O)c2ccccc2F)C1. The van der Waals surface area contributed by atoms with Crippen molar-refractivity contribution in [2.75, 3.05) is 19.6 Å². The van der Waals surface area contributed by atoms with Gasteiger partial charge in [-0.2, -0.15) is 0 Å². The largest absolute Gasteiger partial charge is 0.356 e. The number of rotatable bonds is 4.